The molecule has 2 aliphatic rings. The lowest BCUT2D eigenvalue weighted by Gasteiger charge is -2.22. The van der Waals surface area contributed by atoms with Crippen molar-refractivity contribution < 1.29 is 40.7 Å². The standard InChI is InChI=1S/C28H33ClN4O4S.C2HF3O2/c1-20-6-5-7-24(29)27(20)38(35,36)33(23-12-13-23)18-26-30-25(19-37-26)28(34)31(2)16-21-8-10-22(11-9-21)17-32-14-3-4-15-32;3-2(4,5)1(6)7/h5-11,19,23H,3-4,12-18H2,1-2H3;(H,6,7). The van der Waals surface area contributed by atoms with Crippen LogP contribution in [0.4, 0.5) is 13.2 Å². The molecule has 0 atom stereocenters. The van der Waals surface area contributed by atoms with Crippen molar-refractivity contribution in [2.75, 3.05) is 20.1 Å². The number of oxazole rings is 1. The van der Waals surface area contributed by atoms with Gasteiger partial charge in [-0.2, -0.15) is 17.5 Å². The first-order valence-electron chi connectivity index (χ1n) is 14.2. The summed E-state index contributed by atoms with van der Waals surface area (Å²) in [6, 6.07) is 13.2. The lowest BCUT2D eigenvalue weighted by Crippen LogP contribution is -2.33. The van der Waals surface area contributed by atoms with Gasteiger partial charge in [0.25, 0.3) is 5.91 Å². The number of carboxylic acid groups (broad SMARTS) is 1. The molecule has 0 spiro atoms. The number of rotatable bonds is 10. The van der Waals surface area contributed by atoms with Gasteiger partial charge in [0.15, 0.2) is 5.69 Å². The summed E-state index contributed by atoms with van der Waals surface area (Å²) >= 11 is 6.28. The predicted molar refractivity (Wildman–Crippen MR) is 159 cm³/mol. The van der Waals surface area contributed by atoms with E-state index >= 15 is 0 Å². The number of aliphatic carboxylic acids is 1. The molecule has 1 saturated heterocycles. The number of likely N-dealkylation sites (tertiary alicyclic amines) is 1. The largest absolute Gasteiger partial charge is 0.490 e. The van der Waals surface area contributed by atoms with E-state index in [1.54, 1.807) is 37.1 Å². The second-order valence-corrected chi connectivity index (χ2v) is 13.3. The Hall–Kier alpha value is -3.46. The SMILES string of the molecule is Cc1cccc(Cl)c1S(=O)(=O)N(Cc1nc(C(=O)N(C)Cc2ccc(CN3CCCC3)cc2)co1)C1CC1.O=C(O)C(F)(F)F. The normalized spacial score (nSPS) is 15.5. The number of hydrogen-bond donors (Lipinski definition) is 1. The summed E-state index contributed by atoms with van der Waals surface area (Å²) in [7, 11) is -2.16. The Kier molecular flexibility index (Phi) is 10.9. The number of carboxylic acids is 1. The number of nitrogens with zero attached hydrogens (tertiary/aromatic N) is 4. The Labute approximate surface area is 264 Å². The molecule has 0 unspecified atom stereocenters. The molecule has 1 aromatic heterocycles. The van der Waals surface area contributed by atoms with Gasteiger partial charge in [-0.15, -0.1) is 0 Å². The van der Waals surface area contributed by atoms with E-state index in [0.717, 1.165) is 38.0 Å². The van der Waals surface area contributed by atoms with E-state index in [0.29, 0.717) is 12.1 Å². The van der Waals surface area contributed by atoms with Crippen LogP contribution in [0.2, 0.25) is 5.02 Å². The molecule has 3 aromatic rings. The predicted octanol–water partition coefficient (Wildman–Crippen LogP) is 5.49. The number of alkyl halides is 3. The monoisotopic (exact) mass is 670 g/mol. The van der Waals surface area contributed by atoms with Crippen molar-refractivity contribution in [3.63, 3.8) is 0 Å². The van der Waals surface area contributed by atoms with Crippen LogP contribution in [0.5, 0.6) is 0 Å². The van der Waals surface area contributed by atoms with Crippen molar-refractivity contribution in [3.8, 4) is 0 Å². The van der Waals surface area contributed by atoms with Crippen LogP contribution in [-0.4, -0.2) is 76.8 Å². The van der Waals surface area contributed by atoms with Crippen molar-refractivity contribution in [2.45, 2.75) is 69.4 Å². The van der Waals surface area contributed by atoms with Gasteiger partial charge in [-0.3, -0.25) is 9.69 Å². The zero-order valence-electron chi connectivity index (χ0n) is 24.8. The van der Waals surface area contributed by atoms with Crippen LogP contribution in [-0.2, 0) is 34.5 Å². The summed E-state index contributed by atoms with van der Waals surface area (Å²) in [6.45, 7) is 5.36. The number of carbonyl (C=O) groups is 2. The first-order chi connectivity index (χ1) is 21.2. The molecular formula is C30H34ClF3N4O6S. The summed E-state index contributed by atoms with van der Waals surface area (Å²) in [5.41, 5.74) is 3.02. The molecule has 15 heteroatoms. The summed E-state index contributed by atoms with van der Waals surface area (Å²) in [5, 5.41) is 7.31. The Morgan fingerprint density at radius 3 is 2.22 bits per heavy atom. The smallest absolute Gasteiger partial charge is 0.475 e. The number of aromatic nitrogens is 1. The molecule has 1 saturated carbocycles. The quantitative estimate of drug-likeness (QED) is 0.300. The average Bonchev–Trinajstić information content (AvgIpc) is 3.46. The highest BCUT2D eigenvalue weighted by Gasteiger charge is 2.41. The molecule has 10 nitrogen and oxygen atoms in total. The summed E-state index contributed by atoms with van der Waals surface area (Å²) in [5.74, 6) is -2.87. The molecule has 1 N–H and O–H groups in total. The molecule has 2 heterocycles. The first kappa shape index (κ1) is 34.4. The molecule has 45 heavy (non-hydrogen) atoms. The fourth-order valence-corrected chi connectivity index (χ4v) is 7.36. The minimum atomic E-state index is -5.08. The van der Waals surface area contributed by atoms with Crippen molar-refractivity contribution in [1.29, 1.82) is 0 Å². The molecule has 0 bridgehead atoms. The van der Waals surface area contributed by atoms with Crippen LogP contribution in [0.3, 0.4) is 0 Å². The molecule has 1 aliphatic carbocycles. The van der Waals surface area contributed by atoms with Gasteiger partial charge in [-0.05, 0) is 68.5 Å². The fourth-order valence-electron chi connectivity index (χ4n) is 4.94. The van der Waals surface area contributed by atoms with Crippen LogP contribution in [0.25, 0.3) is 0 Å². The molecule has 244 valence electrons. The van der Waals surface area contributed by atoms with E-state index in [1.807, 2.05) is 0 Å². The third-order valence-corrected chi connectivity index (χ3v) is 9.91. The number of carbonyl (C=O) groups excluding carboxylic acids is 1. The zero-order valence-corrected chi connectivity index (χ0v) is 26.3. The lowest BCUT2D eigenvalue weighted by molar-refractivity contribution is -0.192. The number of sulfonamides is 1. The molecule has 1 amide bonds. The fraction of sp³-hybridized carbons (Fsp3) is 0.433. The second-order valence-electron chi connectivity index (χ2n) is 11.1. The highest BCUT2D eigenvalue weighted by Crippen LogP contribution is 2.36. The van der Waals surface area contributed by atoms with Gasteiger partial charge in [0.1, 0.15) is 11.2 Å². The Morgan fingerprint density at radius 2 is 1.67 bits per heavy atom. The lowest BCUT2D eigenvalue weighted by atomic mass is 10.1. The van der Waals surface area contributed by atoms with E-state index in [4.69, 9.17) is 25.9 Å². The maximum atomic E-state index is 13.5. The second kappa shape index (κ2) is 14.3. The average molecular weight is 671 g/mol. The maximum Gasteiger partial charge on any atom is 0.490 e. The third-order valence-electron chi connectivity index (χ3n) is 7.38. The Morgan fingerprint density at radius 1 is 1.07 bits per heavy atom. The molecule has 0 radical (unpaired) electrons. The third kappa shape index (κ3) is 9.06. The van der Waals surface area contributed by atoms with Crippen LogP contribution in [0.15, 0.2) is 58.0 Å². The van der Waals surface area contributed by atoms with Crippen LogP contribution < -0.4 is 0 Å². The number of hydrogen-bond acceptors (Lipinski definition) is 7. The van der Waals surface area contributed by atoms with E-state index in [9.17, 15) is 26.4 Å². The topological polar surface area (TPSA) is 124 Å². The Balaban J connectivity index is 0.000000591. The van der Waals surface area contributed by atoms with E-state index in [2.05, 4.69) is 34.1 Å². The summed E-state index contributed by atoms with van der Waals surface area (Å²) in [4.78, 5) is 30.4. The molecule has 1 aliphatic heterocycles. The van der Waals surface area contributed by atoms with Crippen molar-refractivity contribution in [2.24, 2.45) is 0 Å². The minimum absolute atomic E-state index is 0.0624. The van der Waals surface area contributed by atoms with Crippen molar-refractivity contribution in [3.05, 3.63) is 82.0 Å². The van der Waals surface area contributed by atoms with E-state index < -0.39 is 22.2 Å². The van der Waals surface area contributed by atoms with Gasteiger partial charge < -0.3 is 14.4 Å². The number of benzene rings is 2. The Bertz CT molecular complexity index is 1580. The first-order valence-corrected chi connectivity index (χ1v) is 16.1. The van der Waals surface area contributed by atoms with Gasteiger partial charge in [0, 0.05) is 26.2 Å². The van der Waals surface area contributed by atoms with Crippen LogP contribution in [0.1, 0.15) is 58.8 Å². The van der Waals surface area contributed by atoms with Gasteiger partial charge in [0.2, 0.25) is 15.9 Å². The number of halogens is 4. The summed E-state index contributed by atoms with van der Waals surface area (Å²) < 4.78 is 65.7. The minimum Gasteiger partial charge on any atom is -0.475 e. The summed E-state index contributed by atoms with van der Waals surface area (Å²) in [6.07, 6.45) is 0.268. The number of aryl methyl sites for hydroxylation is 1. The van der Waals surface area contributed by atoms with E-state index in [1.165, 1.54) is 29.0 Å². The van der Waals surface area contributed by atoms with Gasteiger partial charge >= 0.3 is 12.1 Å². The van der Waals surface area contributed by atoms with Crippen molar-refractivity contribution in [1.82, 2.24) is 19.1 Å². The highest BCUT2D eigenvalue weighted by molar-refractivity contribution is 7.89. The van der Waals surface area contributed by atoms with Crippen molar-refractivity contribution >= 4 is 33.5 Å². The molecule has 2 aromatic carbocycles. The molecular weight excluding hydrogens is 637 g/mol. The van der Waals surface area contributed by atoms with E-state index in [-0.39, 0.29) is 40.0 Å². The maximum absolute atomic E-state index is 13.5. The van der Waals surface area contributed by atoms with Crippen LogP contribution >= 0.6 is 11.6 Å². The zero-order chi connectivity index (χ0) is 32.9. The van der Waals surface area contributed by atoms with Gasteiger partial charge in [0.05, 0.1) is 11.6 Å². The van der Waals surface area contributed by atoms with Gasteiger partial charge in [-0.25, -0.2) is 18.2 Å². The molecule has 2 fully saturated rings. The van der Waals surface area contributed by atoms with Crippen LogP contribution in [0, 0.1) is 6.92 Å². The number of amides is 1. The van der Waals surface area contributed by atoms with Gasteiger partial charge in [-0.1, -0.05) is 48.0 Å². The highest BCUT2D eigenvalue weighted by atomic mass is 35.5. The molecule has 5 rings (SSSR count).